The van der Waals surface area contributed by atoms with Gasteiger partial charge in [0, 0.05) is 22.8 Å². The summed E-state index contributed by atoms with van der Waals surface area (Å²) in [5.74, 6) is -0.0517. The number of hydrogen-bond donors (Lipinski definition) is 0. The van der Waals surface area contributed by atoms with Gasteiger partial charge in [0.2, 0.25) is 5.88 Å². The Balaban J connectivity index is 1.67. The van der Waals surface area contributed by atoms with Crippen LogP contribution in [-0.2, 0) is 22.3 Å². The summed E-state index contributed by atoms with van der Waals surface area (Å²) in [6.07, 6.45) is 6.38. The van der Waals surface area contributed by atoms with E-state index in [1.807, 2.05) is 12.1 Å². The fraction of sp³-hybridized carbons (Fsp3) is 0.208. The van der Waals surface area contributed by atoms with Crippen molar-refractivity contribution in [3.8, 4) is 23.0 Å². The second kappa shape index (κ2) is 8.59. The molecule has 0 amide bonds. The molecule has 1 aliphatic rings. The average molecular weight is 461 g/mol. The van der Waals surface area contributed by atoms with E-state index in [9.17, 15) is 9.59 Å². The summed E-state index contributed by atoms with van der Waals surface area (Å²) in [5, 5.41) is 0.864. The molecule has 0 fully saturated rings. The van der Waals surface area contributed by atoms with Crippen LogP contribution in [0.25, 0.3) is 21.6 Å². The first-order valence-corrected chi connectivity index (χ1v) is 11.1. The Kier molecular flexibility index (Phi) is 5.47. The van der Waals surface area contributed by atoms with E-state index < -0.39 is 11.9 Å². The van der Waals surface area contributed by atoms with E-state index in [-0.39, 0.29) is 16.9 Å². The fourth-order valence-corrected chi connectivity index (χ4v) is 5.15. The molecule has 33 heavy (non-hydrogen) atoms. The second-order valence-electron chi connectivity index (χ2n) is 7.46. The number of thiophene rings is 1. The van der Waals surface area contributed by atoms with Crippen molar-refractivity contribution in [2.75, 3.05) is 14.2 Å². The first kappa shape index (κ1) is 21.0. The number of aryl methyl sites for hydroxylation is 2. The number of esters is 2. The lowest BCUT2D eigenvalue weighted by molar-refractivity contribution is 0.0598. The lowest BCUT2D eigenvalue weighted by atomic mass is 10.1. The van der Waals surface area contributed by atoms with Crippen molar-refractivity contribution >= 4 is 33.5 Å². The van der Waals surface area contributed by atoms with Gasteiger partial charge in [0.1, 0.15) is 10.6 Å². The Morgan fingerprint density at radius 1 is 1.00 bits per heavy atom. The Morgan fingerprint density at radius 2 is 1.76 bits per heavy atom. The number of rotatable bonds is 5. The minimum Gasteiger partial charge on any atom is -0.465 e. The van der Waals surface area contributed by atoms with Crippen LogP contribution in [0.3, 0.4) is 0 Å². The summed E-state index contributed by atoms with van der Waals surface area (Å²) < 4.78 is 15.9. The van der Waals surface area contributed by atoms with E-state index >= 15 is 0 Å². The molecule has 0 N–H and O–H groups in total. The quantitative estimate of drug-likeness (QED) is 0.397. The van der Waals surface area contributed by atoms with Crippen LogP contribution < -0.4 is 4.74 Å². The predicted molar refractivity (Wildman–Crippen MR) is 122 cm³/mol. The molecule has 4 aromatic rings. The third-order valence-corrected chi connectivity index (χ3v) is 6.60. The van der Waals surface area contributed by atoms with Gasteiger partial charge < -0.3 is 14.2 Å². The minimum absolute atomic E-state index is 0.170. The number of ether oxygens (including phenoxy) is 3. The van der Waals surface area contributed by atoms with Crippen molar-refractivity contribution in [1.29, 1.82) is 0 Å². The van der Waals surface area contributed by atoms with Gasteiger partial charge in [-0.2, -0.15) is 4.98 Å². The van der Waals surface area contributed by atoms with E-state index in [0.29, 0.717) is 11.7 Å². The van der Waals surface area contributed by atoms with Gasteiger partial charge in [-0.15, -0.1) is 11.3 Å². The maximum atomic E-state index is 12.2. The van der Waals surface area contributed by atoms with E-state index in [0.717, 1.165) is 35.0 Å². The molecule has 1 aliphatic carbocycles. The predicted octanol–water partition coefficient (Wildman–Crippen LogP) is 4.61. The zero-order valence-corrected chi connectivity index (χ0v) is 18.8. The van der Waals surface area contributed by atoms with Gasteiger partial charge in [-0.1, -0.05) is 0 Å². The molecule has 1 aromatic carbocycles. The monoisotopic (exact) mass is 461 g/mol. The molecule has 8 nitrogen and oxygen atoms in total. The number of carbonyl (C=O) groups excluding carboxylic acids is 2. The normalized spacial score (nSPS) is 12.4. The molecular formula is C24H19N3O5S. The smallest absolute Gasteiger partial charge is 0.338 e. The minimum atomic E-state index is -0.592. The highest BCUT2D eigenvalue weighted by molar-refractivity contribution is 7.19. The molecule has 0 radical (unpaired) electrons. The molecule has 0 atom stereocenters. The van der Waals surface area contributed by atoms with Gasteiger partial charge in [0.15, 0.2) is 5.82 Å². The van der Waals surface area contributed by atoms with E-state index in [1.165, 1.54) is 42.9 Å². The molecule has 9 heteroatoms. The van der Waals surface area contributed by atoms with Crippen molar-refractivity contribution in [2.24, 2.45) is 0 Å². The molecule has 3 aromatic heterocycles. The molecule has 0 saturated heterocycles. The lowest BCUT2D eigenvalue weighted by Gasteiger charge is -2.11. The number of carbonyl (C=O) groups is 2. The number of benzene rings is 1. The van der Waals surface area contributed by atoms with Crippen molar-refractivity contribution in [3.63, 3.8) is 0 Å². The van der Waals surface area contributed by atoms with Crippen LogP contribution in [0.5, 0.6) is 11.6 Å². The topological polar surface area (TPSA) is 101 Å². The standard InChI is InChI=1S/C24H19N3O5S/c1-30-23(28)14-9-15(24(29)31-2)11-16(10-14)32-21-19-17-6-3-7-18(17)33-22(19)27-20(26-21)13-5-4-8-25-12-13/h4-5,8-12H,3,6-7H2,1-2H3. The van der Waals surface area contributed by atoms with E-state index in [4.69, 9.17) is 24.2 Å². The Morgan fingerprint density at radius 3 is 2.42 bits per heavy atom. The van der Waals surface area contributed by atoms with Crippen LogP contribution in [-0.4, -0.2) is 41.1 Å². The second-order valence-corrected chi connectivity index (χ2v) is 8.55. The summed E-state index contributed by atoms with van der Waals surface area (Å²) in [4.78, 5) is 40.1. The van der Waals surface area contributed by atoms with Gasteiger partial charge in [0.05, 0.1) is 30.7 Å². The van der Waals surface area contributed by atoms with Crippen molar-refractivity contribution in [3.05, 3.63) is 64.3 Å². The first-order valence-electron chi connectivity index (χ1n) is 10.3. The number of aromatic nitrogens is 3. The molecule has 0 spiro atoms. The van der Waals surface area contributed by atoms with Crippen LogP contribution in [0, 0.1) is 0 Å². The molecule has 0 bridgehead atoms. The highest BCUT2D eigenvalue weighted by Crippen LogP contribution is 2.42. The first-order chi connectivity index (χ1) is 16.1. The number of hydrogen-bond acceptors (Lipinski definition) is 9. The molecular weight excluding hydrogens is 442 g/mol. The lowest BCUT2D eigenvalue weighted by Crippen LogP contribution is -2.07. The third kappa shape index (κ3) is 3.91. The van der Waals surface area contributed by atoms with Crippen LogP contribution in [0.15, 0.2) is 42.7 Å². The Labute approximate surface area is 193 Å². The SMILES string of the molecule is COC(=O)c1cc(Oc2nc(-c3cccnc3)nc3sc4c(c23)CCC4)cc(C(=O)OC)c1. The summed E-state index contributed by atoms with van der Waals surface area (Å²) in [6, 6.07) is 8.14. The largest absolute Gasteiger partial charge is 0.465 e. The van der Waals surface area contributed by atoms with Crippen LogP contribution >= 0.6 is 11.3 Å². The fourth-order valence-electron chi connectivity index (χ4n) is 3.90. The van der Waals surface area contributed by atoms with Crippen molar-refractivity contribution in [2.45, 2.75) is 19.3 Å². The number of methoxy groups -OCH3 is 2. The van der Waals surface area contributed by atoms with E-state index in [1.54, 1.807) is 23.7 Å². The number of fused-ring (bicyclic) bond motifs is 3. The Hall–Kier alpha value is -3.85. The van der Waals surface area contributed by atoms with E-state index in [2.05, 4.69) is 4.98 Å². The summed E-state index contributed by atoms with van der Waals surface area (Å²) in [5.41, 5.74) is 2.30. The number of nitrogens with zero attached hydrogens (tertiary/aromatic N) is 3. The zero-order chi connectivity index (χ0) is 22.9. The highest BCUT2D eigenvalue weighted by atomic mass is 32.1. The summed E-state index contributed by atoms with van der Waals surface area (Å²) in [6.45, 7) is 0. The molecule has 0 unspecified atom stereocenters. The highest BCUT2D eigenvalue weighted by Gasteiger charge is 2.24. The van der Waals surface area contributed by atoms with Crippen molar-refractivity contribution < 1.29 is 23.8 Å². The molecule has 5 rings (SSSR count). The van der Waals surface area contributed by atoms with Gasteiger partial charge in [-0.25, -0.2) is 14.6 Å². The van der Waals surface area contributed by atoms with Gasteiger partial charge >= 0.3 is 11.9 Å². The molecule has 3 heterocycles. The molecule has 0 saturated carbocycles. The third-order valence-electron chi connectivity index (χ3n) is 5.41. The Bertz CT molecular complexity index is 1350. The van der Waals surface area contributed by atoms with Crippen molar-refractivity contribution in [1.82, 2.24) is 15.0 Å². The van der Waals surface area contributed by atoms with Gasteiger partial charge in [0.25, 0.3) is 0 Å². The van der Waals surface area contributed by atoms with Crippen LogP contribution in [0.1, 0.15) is 37.6 Å². The molecule has 166 valence electrons. The maximum absolute atomic E-state index is 12.2. The van der Waals surface area contributed by atoms with Crippen LogP contribution in [0.4, 0.5) is 0 Å². The maximum Gasteiger partial charge on any atom is 0.338 e. The molecule has 0 aliphatic heterocycles. The van der Waals surface area contributed by atoms with Gasteiger partial charge in [-0.3, -0.25) is 4.98 Å². The van der Waals surface area contributed by atoms with Gasteiger partial charge in [-0.05, 0) is 55.2 Å². The number of pyridine rings is 1. The zero-order valence-electron chi connectivity index (χ0n) is 18.0. The summed E-state index contributed by atoms with van der Waals surface area (Å²) in [7, 11) is 2.55. The average Bonchev–Trinajstić information content (AvgIpc) is 3.44. The van der Waals surface area contributed by atoms with Crippen LogP contribution in [0.2, 0.25) is 0 Å². The summed E-state index contributed by atoms with van der Waals surface area (Å²) >= 11 is 1.64.